The van der Waals surface area contributed by atoms with Crippen molar-refractivity contribution < 1.29 is 0 Å². The summed E-state index contributed by atoms with van der Waals surface area (Å²) in [6.07, 6.45) is 3.80. The van der Waals surface area contributed by atoms with E-state index in [-0.39, 0.29) is 5.54 Å². The van der Waals surface area contributed by atoms with Crippen LogP contribution in [0.15, 0.2) is 0 Å². The van der Waals surface area contributed by atoms with Gasteiger partial charge in [0.05, 0.1) is 0 Å². The lowest BCUT2D eigenvalue weighted by Crippen LogP contribution is -2.38. The van der Waals surface area contributed by atoms with Gasteiger partial charge in [0, 0.05) is 5.54 Å². The van der Waals surface area contributed by atoms with E-state index in [4.69, 9.17) is 0 Å². The Bertz CT molecular complexity index is 132. The van der Waals surface area contributed by atoms with E-state index in [2.05, 4.69) is 44.8 Å². The predicted molar refractivity (Wildman–Crippen MR) is 80.7 cm³/mol. The Balaban J connectivity index is 0. The molecule has 0 unspecified atom stereocenters. The molecule has 0 rings (SSSR count). The average Bonchev–Trinajstić information content (AvgIpc) is 2.26. The molecule has 0 amide bonds. The van der Waals surface area contributed by atoms with Gasteiger partial charge in [-0.25, -0.2) is 0 Å². The number of hydrogen-bond acceptors (Lipinski definition) is 2. The van der Waals surface area contributed by atoms with Crippen LogP contribution in [-0.2, 0) is 0 Å². The molecule has 0 saturated heterocycles. The van der Waals surface area contributed by atoms with E-state index in [1.807, 2.05) is 13.8 Å². The molecule has 0 aromatic rings. The van der Waals surface area contributed by atoms with Gasteiger partial charge in [-0.2, -0.15) is 0 Å². The van der Waals surface area contributed by atoms with Crippen molar-refractivity contribution in [3.05, 3.63) is 0 Å². The first-order valence-corrected chi connectivity index (χ1v) is 7.47. The molecule has 0 aromatic carbocycles. The highest BCUT2D eigenvalue weighted by molar-refractivity contribution is 4.70. The van der Waals surface area contributed by atoms with Crippen LogP contribution in [0, 0.1) is 0 Å². The summed E-state index contributed by atoms with van der Waals surface area (Å²) in [5, 5.41) is 3.53. The molecule has 0 aromatic heterocycles. The number of nitrogens with one attached hydrogen (secondary N) is 1. The molecule has 0 bridgehead atoms. The summed E-state index contributed by atoms with van der Waals surface area (Å²) < 4.78 is 0. The molecule has 0 fully saturated rings. The molecule has 0 heterocycles. The first-order chi connectivity index (χ1) is 7.99. The van der Waals surface area contributed by atoms with E-state index in [1.165, 1.54) is 38.9 Å². The van der Waals surface area contributed by atoms with Gasteiger partial charge in [0.1, 0.15) is 0 Å². The fourth-order valence-electron chi connectivity index (χ4n) is 1.73. The van der Waals surface area contributed by atoms with Crippen LogP contribution in [0.4, 0.5) is 0 Å². The van der Waals surface area contributed by atoms with Gasteiger partial charge in [0.15, 0.2) is 0 Å². The first-order valence-electron chi connectivity index (χ1n) is 7.47. The Kier molecular flexibility index (Phi) is 14.0. The van der Waals surface area contributed by atoms with Crippen LogP contribution in [0.25, 0.3) is 0 Å². The largest absolute Gasteiger partial charge is 0.312 e. The van der Waals surface area contributed by atoms with E-state index in [0.717, 1.165) is 6.54 Å². The minimum absolute atomic E-state index is 0.264. The third-order valence-corrected chi connectivity index (χ3v) is 2.39. The highest BCUT2D eigenvalue weighted by atomic mass is 15.1. The zero-order valence-corrected chi connectivity index (χ0v) is 13.4. The van der Waals surface area contributed by atoms with Crippen molar-refractivity contribution in [3.8, 4) is 0 Å². The zero-order chi connectivity index (χ0) is 13.7. The fourth-order valence-corrected chi connectivity index (χ4v) is 1.73. The highest BCUT2D eigenvalue weighted by Crippen LogP contribution is 2.00. The molecule has 0 aliphatic carbocycles. The van der Waals surface area contributed by atoms with Crippen LogP contribution in [0.3, 0.4) is 0 Å². The van der Waals surface area contributed by atoms with Crippen LogP contribution < -0.4 is 5.32 Å². The maximum atomic E-state index is 3.53. The van der Waals surface area contributed by atoms with Gasteiger partial charge in [-0.15, -0.1) is 0 Å². The van der Waals surface area contributed by atoms with Gasteiger partial charge in [-0.1, -0.05) is 27.7 Å². The number of hydrogen-bond donors (Lipinski definition) is 1. The lowest BCUT2D eigenvalue weighted by Gasteiger charge is -2.24. The predicted octanol–water partition coefficient (Wildman–Crippen LogP) is 3.91. The molecule has 17 heavy (non-hydrogen) atoms. The van der Waals surface area contributed by atoms with Crippen molar-refractivity contribution in [1.29, 1.82) is 0 Å². The molecule has 2 nitrogen and oxygen atoms in total. The lowest BCUT2D eigenvalue weighted by atomic mass is 10.1. The fraction of sp³-hybridized carbons (Fsp3) is 1.00. The highest BCUT2D eigenvalue weighted by Gasteiger charge is 2.08. The first kappa shape index (κ1) is 19.3. The van der Waals surface area contributed by atoms with E-state index < -0.39 is 0 Å². The molecule has 0 radical (unpaired) electrons. The van der Waals surface area contributed by atoms with Crippen LogP contribution in [-0.4, -0.2) is 36.6 Å². The van der Waals surface area contributed by atoms with Crippen molar-refractivity contribution in [2.45, 2.75) is 73.3 Å². The van der Waals surface area contributed by atoms with Crippen LogP contribution >= 0.6 is 0 Å². The molecule has 2 heteroatoms. The molecule has 0 spiro atoms. The van der Waals surface area contributed by atoms with Gasteiger partial charge >= 0.3 is 0 Å². The quantitative estimate of drug-likeness (QED) is 0.651. The van der Waals surface area contributed by atoms with Crippen molar-refractivity contribution in [3.63, 3.8) is 0 Å². The summed E-state index contributed by atoms with van der Waals surface area (Å²) in [5.74, 6) is 0. The zero-order valence-electron chi connectivity index (χ0n) is 13.4. The van der Waals surface area contributed by atoms with Gasteiger partial charge in [0.2, 0.25) is 0 Å². The molecule has 1 N–H and O–H groups in total. The van der Waals surface area contributed by atoms with Crippen molar-refractivity contribution in [2.24, 2.45) is 0 Å². The minimum Gasteiger partial charge on any atom is -0.312 e. The summed E-state index contributed by atoms with van der Waals surface area (Å²) in [6.45, 7) is 20.1. The molecular formula is C15H36N2. The maximum absolute atomic E-state index is 3.53. The van der Waals surface area contributed by atoms with Crippen molar-refractivity contribution in [2.75, 3.05) is 26.2 Å². The topological polar surface area (TPSA) is 15.3 Å². The normalized spacial score (nSPS) is 11.3. The smallest absolute Gasteiger partial charge is 0.00965 e. The Morgan fingerprint density at radius 3 is 1.71 bits per heavy atom. The lowest BCUT2D eigenvalue weighted by molar-refractivity contribution is 0.265. The second kappa shape index (κ2) is 12.4. The standard InChI is InChI=1S/C13H30N2.C2H6/c1-6-10-15(11-7-2)12-8-9-14-13(3,4)5;1-2/h14H,6-12H2,1-5H3;1-2H3. The molecule has 106 valence electrons. The maximum Gasteiger partial charge on any atom is 0.00965 e. The van der Waals surface area contributed by atoms with Gasteiger partial charge in [-0.3, -0.25) is 0 Å². The summed E-state index contributed by atoms with van der Waals surface area (Å²) >= 11 is 0. The minimum atomic E-state index is 0.264. The van der Waals surface area contributed by atoms with E-state index >= 15 is 0 Å². The Labute approximate surface area is 110 Å². The second-order valence-electron chi connectivity index (χ2n) is 5.37. The SMILES string of the molecule is CC.CCCN(CCC)CCCNC(C)(C)C. The summed E-state index contributed by atoms with van der Waals surface area (Å²) in [7, 11) is 0. The third-order valence-electron chi connectivity index (χ3n) is 2.39. The summed E-state index contributed by atoms with van der Waals surface area (Å²) in [5.41, 5.74) is 0.264. The van der Waals surface area contributed by atoms with E-state index in [9.17, 15) is 0 Å². The monoisotopic (exact) mass is 244 g/mol. The Hall–Kier alpha value is -0.0800. The Morgan fingerprint density at radius 1 is 0.882 bits per heavy atom. The Morgan fingerprint density at radius 2 is 1.35 bits per heavy atom. The van der Waals surface area contributed by atoms with Crippen molar-refractivity contribution in [1.82, 2.24) is 10.2 Å². The molecule has 0 saturated carbocycles. The second-order valence-corrected chi connectivity index (χ2v) is 5.37. The summed E-state index contributed by atoms with van der Waals surface area (Å²) in [6, 6.07) is 0. The van der Waals surface area contributed by atoms with E-state index in [0.29, 0.717) is 0 Å². The third kappa shape index (κ3) is 15.9. The van der Waals surface area contributed by atoms with E-state index in [1.54, 1.807) is 0 Å². The van der Waals surface area contributed by atoms with Gasteiger partial charge in [-0.05, 0) is 66.2 Å². The number of nitrogens with zero attached hydrogens (tertiary/aromatic N) is 1. The van der Waals surface area contributed by atoms with Gasteiger partial charge < -0.3 is 10.2 Å². The molecular weight excluding hydrogens is 208 g/mol. The van der Waals surface area contributed by atoms with Crippen molar-refractivity contribution >= 4 is 0 Å². The molecule has 0 atom stereocenters. The van der Waals surface area contributed by atoms with Crippen LogP contribution in [0.1, 0.15) is 67.7 Å². The molecule has 0 aliphatic rings. The summed E-state index contributed by atoms with van der Waals surface area (Å²) in [4.78, 5) is 2.57. The van der Waals surface area contributed by atoms with Crippen LogP contribution in [0.2, 0.25) is 0 Å². The average molecular weight is 244 g/mol. The number of rotatable bonds is 8. The van der Waals surface area contributed by atoms with Gasteiger partial charge in [0.25, 0.3) is 0 Å². The molecule has 0 aliphatic heterocycles. The van der Waals surface area contributed by atoms with Crippen LogP contribution in [0.5, 0.6) is 0 Å².